The third-order valence-electron chi connectivity index (χ3n) is 2.27. The maximum absolute atomic E-state index is 11.3. The van der Waals surface area contributed by atoms with Gasteiger partial charge in [0.25, 0.3) is 0 Å². The lowest BCUT2D eigenvalue weighted by Crippen LogP contribution is -2.37. The molecule has 0 spiro atoms. The standard InChI is InChI=1S/C13H20ClN3O/c1-13(2,3)16-10-4-6-11(7-5-10)17(9-8-14)12(15)18/h4-7,16H,8-9H2,1-3H3,(H2,15,18). The maximum Gasteiger partial charge on any atom is 0.319 e. The lowest BCUT2D eigenvalue weighted by Gasteiger charge is -2.23. The number of primary amides is 1. The molecule has 0 atom stereocenters. The van der Waals surface area contributed by atoms with Crippen molar-refractivity contribution in [1.82, 2.24) is 0 Å². The van der Waals surface area contributed by atoms with E-state index in [1.807, 2.05) is 24.3 Å². The zero-order valence-corrected chi connectivity index (χ0v) is 11.8. The molecule has 0 saturated carbocycles. The van der Waals surface area contributed by atoms with E-state index in [4.69, 9.17) is 17.3 Å². The molecule has 0 heterocycles. The predicted molar refractivity (Wildman–Crippen MR) is 77.5 cm³/mol. The molecule has 0 radical (unpaired) electrons. The van der Waals surface area contributed by atoms with Crippen LogP contribution in [0.3, 0.4) is 0 Å². The zero-order valence-electron chi connectivity index (χ0n) is 11.0. The average molecular weight is 270 g/mol. The number of halogens is 1. The van der Waals surface area contributed by atoms with E-state index in [9.17, 15) is 4.79 Å². The molecule has 1 aromatic rings. The van der Waals surface area contributed by atoms with E-state index in [1.54, 1.807) is 0 Å². The van der Waals surface area contributed by atoms with Crippen LogP contribution in [0.25, 0.3) is 0 Å². The summed E-state index contributed by atoms with van der Waals surface area (Å²) in [6.07, 6.45) is 0. The van der Waals surface area contributed by atoms with Gasteiger partial charge in [0.15, 0.2) is 0 Å². The van der Waals surface area contributed by atoms with Gasteiger partial charge in [-0.2, -0.15) is 0 Å². The second-order valence-corrected chi connectivity index (χ2v) is 5.48. The van der Waals surface area contributed by atoms with Crippen molar-refractivity contribution in [2.24, 2.45) is 5.73 Å². The number of benzene rings is 1. The van der Waals surface area contributed by atoms with E-state index >= 15 is 0 Å². The first-order valence-electron chi connectivity index (χ1n) is 5.84. The number of carbonyl (C=O) groups is 1. The monoisotopic (exact) mass is 269 g/mol. The summed E-state index contributed by atoms with van der Waals surface area (Å²) >= 11 is 5.65. The largest absolute Gasteiger partial charge is 0.380 e. The van der Waals surface area contributed by atoms with Gasteiger partial charge in [-0.15, -0.1) is 11.6 Å². The second-order valence-electron chi connectivity index (χ2n) is 5.10. The average Bonchev–Trinajstić information content (AvgIpc) is 2.25. The lowest BCUT2D eigenvalue weighted by atomic mass is 10.1. The fourth-order valence-corrected chi connectivity index (χ4v) is 1.78. The number of anilines is 2. The Labute approximate surface area is 113 Å². The van der Waals surface area contributed by atoms with Gasteiger partial charge in [0.1, 0.15) is 0 Å². The van der Waals surface area contributed by atoms with Crippen LogP contribution in [0.4, 0.5) is 16.2 Å². The van der Waals surface area contributed by atoms with Crippen LogP contribution < -0.4 is 16.0 Å². The van der Waals surface area contributed by atoms with Crippen LogP contribution in [0.1, 0.15) is 20.8 Å². The van der Waals surface area contributed by atoms with E-state index in [1.165, 1.54) is 4.90 Å². The molecule has 5 heteroatoms. The Kier molecular flexibility index (Phi) is 4.84. The Balaban J connectivity index is 2.83. The van der Waals surface area contributed by atoms with Gasteiger partial charge in [-0.1, -0.05) is 0 Å². The number of hydrogen-bond donors (Lipinski definition) is 2. The summed E-state index contributed by atoms with van der Waals surface area (Å²) in [6, 6.07) is 7.05. The molecule has 1 aromatic carbocycles. The zero-order chi connectivity index (χ0) is 13.8. The van der Waals surface area contributed by atoms with E-state index in [0.717, 1.165) is 11.4 Å². The number of hydrogen-bond acceptors (Lipinski definition) is 2. The summed E-state index contributed by atoms with van der Waals surface area (Å²) in [5.74, 6) is 0.352. The topological polar surface area (TPSA) is 58.4 Å². The third-order valence-corrected chi connectivity index (χ3v) is 2.44. The highest BCUT2D eigenvalue weighted by Crippen LogP contribution is 2.20. The number of carbonyl (C=O) groups excluding carboxylic acids is 1. The highest BCUT2D eigenvalue weighted by molar-refractivity contribution is 6.18. The Morgan fingerprint density at radius 2 is 1.89 bits per heavy atom. The van der Waals surface area contributed by atoms with Gasteiger partial charge in [-0.05, 0) is 45.0 Å². The molecule has 0 aromatic heterocycles. The van der Waals surface area contributed by atoms with Gasteiger partial charge in [-0.25, -0.2) is 4.79 Å². The van der Waals surface area contributed by atoms with Crippen molar-refractivity contribution in [3.8, 4) is 0 Å². The third kappa shape index (κ3) is 4.45. The summed E-state index contributed by atoms with van der Waals surface area (Å²) in [5.41, 5.74) is 7.06. The molecule has 0 unspecified atom stereocenters. The summed E-state index contributed by atoms with van der Waals surface area (Å²) in [4.78, 5) is 12.7. The highest BCUT2D eigenvalue weighted by atomic mass is 35.5. The van der Waals surface area contributed by atoms with Gasteiger partial charge in [0.05, 0.1) is 0 Å². The highest BCUT2D eigenvalue weighted by Gasteiger charge is 2.12. The number of nitrogens with zero attached hydrogens (tertiary/aromatic N) is 1. The van der Waals surface area contributed by atoms with Gasteiger partial charge >= 0.3 is 6.03 Å². The minimum atomic E-state index is -0.493. The fraction of sp³-hybridized carbons (Fsp3) is 0.462. The Hall–Kier alpha value is -1.42. The molecule has 0 saturated heterocycles. The molecule has 100 valence electrons. The normalized spacial score (nSPS) is 11.1. The van der Waals surface area contributed by atoms with E-state index in [2.05, 4.69) is 26.1 Å². The molecule has 0 aliphatic rings. The van der Waals surface area contributed by atoms with Crippen LogP contribution in [0.5, 0.6) is 0 Å². The number of urea groups is 1. The molecule has 3 N–H and O–H groups in total. The number of nitrogens with one attached hydrogen (secondary N) is 1. The lowest BCUT2D eigenvalue weighted by molar-refractivity contribution is 0.254. The van der Waals surface area contributed by atoms with Crippen molar-refractivity contribution in [3.63, 3.8) is 0 Å². The van der Waals surface area contributed by atoms with E-state index in [-0.39, 0.29) is 5.54 Å². The van der Waals surface area contributed by atoms with Crippen molar-refractivity contribution in [3.05, 3.63) is 24.3 Å². The number of rotatable bonds is 4. The summed E-state index contributed by atoms with van der Waals surface area (Å²) in [5, 5.41) is 3.35. The molecule has 0 bridgehead atoms. The minimum absolute atomic E-state index is 0.00102. The molecule has 2 amide bonds. The number of amides is 2. The first kappa shape index (κ1) is 14.6. The Bertz CT molecular complexity index is 398. The molecule has 18 heavy (non-hydrogen) atoms. The van der Waals surface area contributed by atoms with Gasteiger partial charge in [0.2, 0.25) is 0 Å². The van der Waals surface area contributed by atoms with Gasteiger partial charge < -0.3 is 11.1 Å². The molecule has 4 nitrogen and oxygen atoms in total. The molecule has 0 fully saturated rings. The number of alkyl halides is 1. The van der Waals surface area contributed by atoms with E-state index < -0.39 is 6.03 Å². The number of nitrogens with two attached hydrogens (primary N) is 1. The van der Waals surface area contributed by atoms with Crippen molar-refractivity contribution in [1.29, 1.82) is 0 Å². The maximum atomic E-state index is 11.3. The second kappa shape index (κ2) is 5.96. The summed E-state index contributed by atoms with van der Waals surface area (Å²) in [6.45, 7) is 6.67. The summed E-state index contributed by atoms with van der Waals surface area (Å²) < 4.78 is 0. The van der Waals surface area contributed by atoms with Crippen LogP contribution in [-0.4, -0.2) is 24.0 Å². The smallest absolute Gasteiger partial charge is 0.319 e. The molecule has 0 aliphatic carbocycles. The Morgan fingerprint density at radius 3 is 2.28 bits per heavy atom. The van der Waals surface area contributed by atoms with Crippen molar-refractivity contribution >= 4 is 29.0 Å². The molecule has 0 aliphatic heterocycles. The SMILES string of the molecule is CC(C)(C)Nc1ccc(N(CCCl)C(N)=O)cc1. The van der Waals surface area contributed by atoms with Crippen molar-refractivity contribution < 1.29 is 4.79 Å². The van der Waals surface area contributed by atoms with Crippen LogP contribution in [0.2, 0.25) is 0 Å². The van der Waals surface area contributed by atoms with Crippen molar-refractivity contribution in [2.75, 3.05) is 22.6 Å². The fourth-order valence-electron chi connectivity index (χ4n) is 1.61. The molecular weight excluding hydrogens is 250 g/mol. The van der Waals surface area contributed by atoms with Gasteiger partial charge in [0, 0.05) is 29.3 Å². The predicted octanol–water partition coefficient (Wildman–Crippen LogP) is 3.02. The van der Waals surface area contributed by atoms with Crippen LogP contribution in [-0.2, 0) is 0 Å². The van der Waals surface area contributed by atoms with E-state index in [0.29, 0.717) is 12.4 Å². The first-order chi connectivity index (χ1) is 8.33. The first-order valence-corrected chi connectivity index (χ1v) is 6.38. The minimum Gasteiger partial charge on any atom is -0.380 e. The molecular formula is C13H20ClN3O. The van der Waals surface area contributed by atoms with Crippen LogP contribution in [0, 0.1) is 0 Å². The quantitative estimate of drug-likeness (QED) is 0.826. The van der Waals surface area contributed by atoms with Gasteiger partial charge in [-0.3, -0.25) is 4.90 Å². The molecule has 1 rings (SSSR count). The summed E-state index contributed by atoms with van der Waals surface area (Å²) in [7, 11) is 0. The van der Waals surface area contributed by atoms with Crippen LogP contribution >= 0.6 is 11.6 Å². The van der Waals surface area contributed by atoms with Crippen LogP contribution in [0.15, 0.2) is 24.3 Å². The van der Waals surface area contributed by atoms with Crippen molar-refractivity contribution in [2.45, 2.75) is 26.3 Å². The Morgan fingerprint density at radius 1 is 1.33 bits per heavy atom.